The summed E-state index contributed by atoms with van der Waals surface area (Å²) in [5, 5.41) is 2.72. The van der Waals surface area contributed by atoms with Crippen molar-refractivity contribution < 1.29 is 14.3 Å². The Kier molecular flexibility index (Phi) is 4.61. The van der Waals surface area contributed by atoms with Crippen LogP contribution in [0, 0.1) is 0 Å². The summed E-state index contributed by atoms with van der Waals surface area (Å²) >= 11 is 0. The highest BCUT2D eigenvalue weighted by Crippen LogP contribution is 2.17. The van der Waals surface area contributed by atoms with Crippen molar-refractivity contribution in [1.29, 1.82) is 0 Å². The lowest BCUT2D eigenvalue weighted by Crippen LogP contribution is -2.22. The van der Waals surface area contributed by atoms with Crippen LogP contribution in [-0.2, 0) is 4.74 Å². The van der Waals surface area contributed by atoms with Crippen molar-refractivity contribution in [2.45, 2.75) is 6.92 Å². The molecule has 6 heteroatoms. The van der Waals surface area contributed by atoms with E-state index in [0.29, 0.717) is 29.1 Å². The predicted octanol–water partition coefficient (Wildman–Crippen LogP) is 1.68. The van der Waals surface area contributed by atoms with Crippen molar-refractivity contribution >= 4 is 11.9 Å². The van der Waals surface area contributed by atoms with Crippen LogP contribution >= 0.6 is 0 Å². The number of methoxy groups -OCH3 is 1. The highest BCUT2D eigenvalue weighted by molar-refractivity contribution is 5.95. The number of esters is 1. The molecule has 0 aromatic carbocycles. The van der Waals surface area contributed by atoms with Crippen LogP contribution in [0.4, 0.5) is 0 Å². The van der Waals surface area contributed by atoms with E-state index in [4.69, 9.17) is 0 Å². The van der Waals surface area contributed by atoms with Crippen LogP contribution in [0.25, 0.3) is 11.4 Å². The van der Waals surface area contributed by atoms with Crippen LogP contribution in [0.5, 0.6) is 0 Å². The summed E-state index contributed by atoms with van der Waals surface area (Å²) in [5.41, 5.74) is 1.90. The van der Waals surface area contributed by atoms with Gasteiger partial charge in [-0.05, 0) is 31.2 Å². The van der Waals surface area contributed by atoms with E-state index in [1.807, 2.05) is 6.92 Å². The first kappa shape index (κ1) is 14.6. The third kappa shape index (κ3) is 3.42. The number of carbonyl (C=O) groups excluding carboxylic acids is 2. The zero-order valence-corrected chi connectivity index (χ0v) is 11.8. The van der Waals surface area contributed by atoms with E-state index in [2.05, 4.69) is 20.0 Å². The van der Waals surface area contributed by atoms with E-state index in [9.17, 15) is 9.59 Å². The summed E-state index contributed by atoms with van der Waals surface area (Å²) in [6.45, 7) is 2.40. The van der Waals surface area contributed by atoms with Crippen molar-refractivity contribution in [3.8, 4) is 11.4 Å². The highest BCUT2D eigenvalue weighted by Gasteiger charge is 2.11. The number of carbonyl (C=O) groups is 2. The number of pyridine rings is 2. The zero-order chi connectivity index (χ0) is 15.2. The molecule has 1 N–H and O–H groups in total. The number of nitrogens with zero attached hydrogens (tertiary/aromatic N) is 2. The summed E-state index contributed by atoms with van der Waals surface area (Å²) in [6.07, 6.45) is 3.04. The predicted molar refractivity (Wildman–Crippen MR) is 76.8 cm³/mol. The number of hydrogen-bond donors (Lipinski definition) is 1. The second-order valence-electron chi connectivity index (χ2n) is 4.21. The normalized spacial score (nSPS) is 10.0. The Morgan fingerprint density at radius 3 is 2.24 bits per heavy atom. The number of hydrogen-bond acceptors (Lipinski definition) is 5. The lowest BCUT2D eigenvalue weighted by atomic mass is 10.1. The molecule has 2 heterocycles. The van der Waals surface area contributed by atoms with Crippen molar-refractivity contribution in [2.24, 2.45) is 0 Å². The lowest BCUT2D eigenvalue weighted by molar-refractivity contribution is 0.0600. The third-order valence-electron chi connectivity index (χ3n) is 2.80. The van der Waals surface area contributed by atoms with Gasteiger partial charge in [-0.1, -0.05) is 0 Å². The maximum absolute atomic E-state index is 11.8. The molecule has 0 unspecified atom stereocenters. The number of rotatable bonds is 4. The molecule has 0 aliphatic heterocycles. The summed E-state index contributed by atoms with van der Waals surface area (Å²) in [5.74, 6) is -0.621. The van der Waals surface area contributed by atoms with Crippen molar-refractivity contribution in [3.05, 3.63) is 47.8 Å². The SMILES string of the molecule is CCNC(=O)c1ccnc(-c2cc(C(=O)OC)ccn2)c1. The molecule has 1 amide bonds. The fourth-order valence-electron chi connectivity index (χ4n) is 1.79. The molecule has 0 saturated carbocycles. The number of nitrogens with one attached hydrogen (secondary N) is 1. The van der Waals surface area contributed by atoms with Gasteiger partial charge in [0, 0.05) is 24.5 Å². The minimum Gasteiger partial charge on any atom is -0.465 e. The van der Waals surface area contributed by atoms with Crippen LogP contribution < -0.4 is 5.32 Å². The van der Waals surface area contributed by atoms with E-state index in [-0.39, 0.29) is 5.91 Å². The molecular formula is C15H15N3O3. The minimum absolute atomic E-state index is 0.176. The topological polar surface area (TPSA) is 81.2 Å². The van der Waals surface area contributed by atoms with Crippen molar-refractivity contribution in [1.82, 2.24) is 15.3 Å². The number of aromatic nitrogens is 2. The van der Waals surface area contributed by atoms with Crippen molar-refractivity contribution in [2.75, 3.05) is 13.7 Å². The molecular weight excluding hydrogens is 270 g/mol. The molecule has 108 valence electrons. The minimum atomic E-state index is -0.446. The van der Waals surface area contributed by atoms with E-state index in [1.54, 1.807) is 24.3 Å². The first-order valence-electron chi connectivity index (χ1n) is 6.44. The Bertz CT molecular complexity index is 671. The van der Waals surface area contributed by atoms with Gasteiger partial charge in [-0.15, -0.1) is 0 Å². The van der Waals surface area contributed by atoms with Gasteiger partial charge in [0.1, 0.15) is 0 Å². The summed E-state index contributed by atoms with van der Waals surface area (Å²) in [4.78, 5) is 31.7. The van der Waals surface area contributed by atoms with Crippen LogP contribution in [0.2, 0.25) is 0 Å². The molecule has 0 atom stereocenters. The van der Waals surface area contributed by atoms with Crippen LogP contribution in [0.3, 0.4) is 0 Å². The monoisotopic (exact) mass is 285 g/mol. The Morgan fingerprint density at radius 2 is 1.67 bits per heavy atom. The molecule has 0 bridgehead atoms. The average molecular weight is 285 g/mol. The molecule has 0 aliphatic carbocycles. The quantitative estimate of drug-likeness (QED) is 0.864. The first-order valence-corrected chi connectivity index (χ1v) is 6.44. The van der Waals surface area contributed by atoms with E-state index < -0.39 is 5.97 Å². The maximum Gasteiger partial charge on any atom is 0.337 e. The van der Waals surface area contributed by atoms with Gasteiger partial charge in [0.15, 0.2) is 0 Å². The molecule has 0 aliphatic rings. The number of ether oxygens (including phenoxy) is 1. The van der Waals surface area contributed by atoms with Crippen LogP contribution in [0.1, 0.15) is 27.6 Å². The number of amides is 1. The molecule has 2 aromatic heterocycles. The standard InChI is InChI=1S/C15H15N3O3/c1-3-16-14(19)10-4-6-17-12(8-10)13-9-11(5-7-18-13)15(20)21-2/h4-9H,3H2,1-2H3,(H,16,19). The summed E-state index contributed by atoms with van der Waals surface area (Å²) in [6, 6.07) is 6.39. The van der Waals surface area contributed by atoms with Crippen molar-refractivity contribution in [3.63, 3.8) is 0 Å². The van der Waals surface area contributed by atoms with Gasteiger partial charge in [0.05, 0.1) is 24.1 Å². The molecule has 0 saturated heterocycles. The molecule has 0 radical (unpaired) electrons. The van der Waals surface area contributed by atoms with Gasteiger partial charge in [0.2, 0.25) is 0 Å². The molecule has 21 heavy (non-hydrogen) atoms. The Hall–Kier alpha value is -2.76. The van der Waals surface area contributed by atoms with Gasteiger partial charge >= 0.3 is 5.97 Å². The van der Waals surface area contributed by atoms with Crippen LogP contribution in [-0.4, -0.2) is 35.5 Å². The van der Waals surface area contributed by atoms with E-state index in [1.165, 1.54) is 19.5 Å². The average Bonchev–Trinajstić information content (AvgIpc) is 2.54. The van der Waals surface area contributed by atoms with Gasteiger partial charge in [-0.2, -0.15) is 0 Å². The Balaban J connectivity index is 2.36. The van der Waals surface area contributed by atoms with Gasteiger partial charge in [-0.25, -0.2) is 4.79 Å². The third-order valence-corrected chi connectivity index (χ3v) is 2.80. The van der Waals surface area contributed by atoms with E-state index in [0.717, 1.165) is 0 Å². The summed E-state index contributed by atoms with van der Waals surface area (Å²) < 4.78 is 4.67. The summed E-state index contributed by atoms with van der Waals surface area (Å²) in [7, 11) is 1.32. The largest absolute Gasteiger partial charge is 0.465 e. The maximum atomic E-state index is 11.8. The van der Waals surface area contributed by atoms with Gasteiger partial charge < -0.3 is 10.1 Å². The first-order chi connectivity index (χ1) is 10.2. The fraction of sp³-hybridized carbons (Fsp3) is 0.200. The lowest BCUT2D eigenvalue weighted by Gasteiger charge is -2.05. The molecule has 2 aromatic rings. The highest BCUT2D eigenvalue weighted by atomic mass is 16.5. The van der Waals surface area contributed by atoms with Gasteiger partial charge in [0.25, 0.3) is 5.91 Å². The Labute approximate surface area is 122 Å². The fourth-order valence-corrected chi connectivity index (χ4v) is 1.79. The zero-order valence-electron chi connectivity index (χ0n) is 11.8. The molecule has 0 spiro atoms. The molecule has 2 rings (SSSR count). The second kappa shape index (κ2) is 6.60. The Morgan fingerprint density at radius 1 is 1.10 bits per heavy atom. The second-order valence-corrected chi connectivity index (χ2v) is 4.21. The molecule has 0 fully saturated rings. The van der Waals surface area contributed by atoms with Crippen LogP contribution in [0.15, 0.2) is 36.7 Å². The smallest absolute Gasteiger partial charge is 0.337 e. The molecule has 6 nitrogen and oxygen atoms in total. The van der Waals surface area contributed by atoms with Gasteiger partial charge in [-0.3, -0.25) is 14.8 Å². The van der Waals surface area contributed by atoms with E-state index >= 15 is 0 Å².